The summed E-state index contributed by atoms with van der Waals surface area (Å²) in [4.78, 5) is 16.9. The number of hydrogen-bond acceptors (Lipinski definition) is 4. The highest BCUT2D eigenvalue weighted by atomic mass is 16.1. The van der Waals surface area contributed by atoms with Crippen LogP contribution >= 0.6 is 0 Å². The van der Waals surface area contributed by atoms with Gasteiger partial charge in [0.15, 0.2) is 5.82 Å². The van der Waals surface area contributed by atoms with Crippen molar-refractivity contribution in [2.45, 2.75) is 32.7 Å². The second-order valence-corrected chi connectivity index (χ2v) is 7.32. The molecule has 4 rings (SSSR count). The summed E-state index contributed by atoms with van der Waals surface area (Å²) in [6.45, 7) is 6.15. The molecule has 1 aromatic heterocycles. The molecule has 2 heterocycles. The summed E-state index contributed by atoms with van der Waals surface area (Å²) < 4.78 is 1.75. The number of aromatic nitrogens is 3. The third kappa shape index (κ3) is 3.07. The topological polar surface area (TPSA) is 85.8 Å². The standard InChI is InChI=1S/C22H23N5O/c1-13(2)15-9-11-16(12-10-15)19-18(20(23)28)14(3)24-22-25-21(26-27(19)22)17-7-5-4-6-8-17/h4-13,19H,1-3H3,(H2,23,28)(H,24,25,26). The molecule has 2 aromatic carbocycles. The van der Waals surface area contributed by atoms with Crippen LogP contribution < -0.4 is 11.1 Å². The lowest BCUT2D eigenvalue weighted by Gasteiger charge is -2.27. The molecule has 1 aliphatic rings. The molecule has 0 radical (unpaired) electrons. The number of benzene rings is 2. The lowest BCUT2D eigenvalue weighted by molar-refractivity contribution is -0.115. The van der Waals surface area contributed by atoms with Crippen molar-refractivity contribution in [3.8, 4) is 11.4 Å². The highest BCUT2D eigenvalue weighted by Crippen LogP contribution is 2.36. The zero-order chi connectivity index (χ0) is 19.8. The van der Waals surface area contributed by atoms with Gasteiger partial charge in [-0.15, -0.1) is 5.10 Å². The van der Waals surface area contributed by atoms with Gasteiger partial charge in [0.05, 0.1) is 5.57 Å². The lowest BCUT2D eigenvalue weighted by atomic mass is 9.93. The number of nitrogens with two attached hydrogens (primary N) is 1. The number of anilines is 1. The molecular formula is C22H23N5O. The first-order chi connectivity index (χ1) is 13.5. The number of carbonyl (C=O) groups is 1. The van der Waals surface area contributed by atoms with E-state index in [1.165, 1.54) is 5.56 Å². The summed E-state index contributed by atoms with van der Waals surface area (Å²) in [6, 6.07) is 17.6. The summed E-state index contributed by atoms with van der Waals surface area (Å²) in [7, 11) is 0. The fraction of sp³-hybridized carbons (Fsp3) is 0.227. The summed E-state index contributed by atoms with van der Waals surface area (Å²) in [5, 5.41) is 7.88. The van der Waals surface area contributed by atoms with E-state index in [1.54, 1.807) is 4.68 Å². The van der Waals surface area contributed by atoms with Crippen LogP contribution in [0.15, 0.2) is 65.9 Å². The fourth-order valence-electron chi connectivity index (χ4n) is 3.55. The van der Waals surface area contributed by atoms with Crippen molar-refractivity contribution in [2.75, 3.05) is 5.32 Å². The predicted octanol–water partition coefficient (Wildman–Crippen LogP) is 3.84. The van der Waals surface area contributed by atoms with Crippen molar-refractivity contribution in [1.29, 1.82) is 0 Å². The zero-order valence-electron chi connectivity index (χ0n) is 16.2. The van der Waals surface area contributed by atoms with E-state index >= 15 is 0 Å². The van der Waals surface area contributed by atoms with E-state index in [0.29, 0.717) is 29.0 Å². The second-order valence-electron chi connectivity index (χ2n) is 7.32. The monoisotopic (exact) mass is 373 g/mol. The van der Waals surface area contributed by atoms with Gasteiger partial charge in [-0.25, -0.2) is 4.68 Å². The lowest BCUT2D eigenvalue weighted by Crippen LogP contribution is -2.31. The van der Waals surface area contributed by atoms with Crippen LogP contribution in [0.2, 0.25) is 0 Å². The number of allylic oxidation sites excluding steroid dienone is 1. The minimum atomic E-state index is -0.467. The Kier molecular flexibility index (Phi) is 4.47. The minimum absolute atomic E-state index is 0.417. The molecule has 6 heteroatoms. The molecule has 0 spiro atoms. The Hall–Kier alpha value is -3.41. The number of nitrogens with zero attached hydrogens (tertiary/aromatic N) is 3. The summed E-state index contributed by atoms with van der Waals surface area (Å²) in [5.74, 6) is 1.16. The smallest absolute Gasteiger partial charge is 0.248 e. The van der Waals surface area contributed by atoms with Gasteiger partial charge in [0.1, 0.15) is 6.04 Å². The van der Waals surface area contributed by atoms with Crippen LogP contribution in [0.25, 0.3) is 11.4 Å². The number of amides is 1. The Bertz CT molecular complexity index is 1050. The maximum absolute atomic E-state index is 12.3. The largest absolute Gasteiger partial charge is 0.366 e. The van der Waals surface area contributed by atoms with Gasteiger partial charge in [-0.1, -0.05) is 68.4 Å². The first-order valence-electron chi connectivity index (χ1n) is 9.35. The molecule has 0 saturated carbocycles. The van der Waals surface area contributed by atoms with Gasteiger partial charge in [0.25, 0.3) is 0 Å². The molecule has 0 aliphatic carbocycles. The number of carbonyl (C=O) groups excluding carboxylic acids is 1. The summed E-state index contributed by atoms with van der Waals surface area (Å²) in [6.07, 6.45) is 0. The fourth-order valence-corrected chi connectivity index (χ4v) is 3.55. The summed E-state index contributed by atoms with van der Waals surface area (Å²) in [5.41, 5.74) is 10.0. The Balaban J connectivity index is 1.85. The third-order valence-corrected chi connectivity index (χ3v) is 5.07. The van der Waals surface area contributed by atoms with E-state index in [-0.39, 0.29) is 0 Å². The van der Waals surface area contributed by atoms with Gasteiger partial charge in [-0.2, -0.15) is 4.98 Å². The number of primary amides is 1. The van der Waals surface area contributed by atoms with Gasteiger partial charge in [-0.3, -0.25) is 4.79 Å². The third-order valence-electron chi connectivity index (χ3n) is 5.07. The van der Waals surface area contributed by atoms with E-state index in [1.807, 2.05) is 49.4 Å². The number of rotatable bonds is 4. The van der Waals surface area contributed by atoms with Crippen molar-refractivity contribution < 1.29 is 4.79 Å². The van der Waals surface area contributed by atoms with Crippen molar-refractivity contribution >= 4 is 11.9 Å². The van der Waals surface area contributed by atoms with E-state index in [0.717, 1.165) is 11.1 Å². The number of nitrogens with one attached hydrogen (secondary N) is 1. The average molecular weight is 373 g/mol. The van der Waals surface area contributed by atoms with E-state index in [2.05, 4.69) is 36.3 Å². The van der Waals surface area contributed by atoms with Crippen LogP contribution in [0.1, 0.15) is 43.9 Å². The molecule has 1 atom stereocenters. The quantitative estimate of drug-likeness (QED) is 0.727. The molecule has 0 saturated heterocycles. The SMILES string of the molecule is CC1=C(C(N)=O)C(c2ccc(C(C)C)cc2)n2nc(-c3ccccc3)nc2N1. The Morgan fingerprint density at radius 2 is 1.79 bits per heavy atom. The molecule has 1 aliphatic heterocycles. The van der Waals surface area contributed by atoms with Gasteiger partial charge >= 0.3 is 0 Å². The number of fused-ring (bicyclic) bond motifs is 1. The first-order valence-corrected chi connectivity index (χ1v) is 9.35. The van der Waals surface area contributed by atoms with Crippen LogP contribution in [0.5, 0.6) is 0 Å². The Morgan fingerprint density at radius 1 is 1.11 bits per heavy atom. The van der Waals surface area contributed by atoms with Gasteiger partial charge in [0.2, 0.25) is 11.9 Å². The summed E-state index contributed by atoms with van der Waals surface area (Å²) >= 11 is 0. The molecule has 1 unspecified atom stereocenters. The van der Waals surface area contributed by atoms with Gasteiger partial charge < -0.3 is 11.1 Å². The molecule has 1 amide bonds. The molecule has 28 heavy (non-hydrogen) atoms. The Labute approximate surface area is 164 Å². The van der Waals surface area contributed by atoms with E-state index in [9.17, 15) is 4.79 Å². The molecule has 6 nitrogen and oxygen atoms in total. The van der Waals surface area contributed by atoms with E-state index < -0.39 is 11.9 Å². The van der Waals surface area contributed by atoms with E-state index in [4.69, 9.17) is 10.8 Å². The molecule has 3 aromatic rings. The maximum atomic E-state index is 12.3. The predicted molar refractivity (Wildman–Crippen MR) is 110 cm³/mol. The van der Waals surface area contributed by atoms with Crippen LogP contribution in [-0.2, 0) is 4.79 Å². The minimum Gasteiger partial charge on any atom is -0.366 e. The van der Waals surface area contributed by atoms with Gasteiger partial charge in [0, 0.05) is 11.3 Å². The van der Waals surface area contributed by atoms with Crippen molar-refractivity contribution in [3.63, 3.8) is 0 Å². The second kappa shape index (κ2) is 6.96. The van der Waals surface area contributed by atoms with Gasteiger partial charge in [-0.05, 0) is 24.0 Å². The molecular weight excluding hydrogens is 350 g/mol. The molecule has 0 bridgehead atoms. The zero-order valence-corrected chi connectivity index (χ0v) is 16.2. The van der Waals surface area contributed by atoms with Crippen LogP contribution in [0.4, 0.5) is 5.95 Å². The maximum Gasteiger partial charge on any atom is 0.248 e. The van der Waals surface area contributed by atoms with Crippen molar-refractivity contribution in [3.05, 3.63) is 77.0 Å². The normalized spacial score (nSPS) is 16.1. The molecule has 142 valence electrons. The molecule has 0 fully saturated rings. The number of hydrogen-bond donors (Lipinski definition) is 2. The van der Waals surface area contributed by atoms with Crippen LogP contribution in [0.3, 0.4) is 0 Å². The first kappa shape index (κ1) is 18.0. The highest BCUT2D eigenvalue weighted by Gasteiger charge is 2.33. The average Bonchev–Trinajstić information content (AvgIpc) is 3.11. The van der Waals surface area contributed by atoms with Crippen LogP contribution in [0, 0.1) is 0 Å². The van der Waals surface area contributed by atoms with Crippen LogP contribution in [-0.4, -0.2) is 20.7 Å². The Morgan fingerprint density at radius 3 is 2.39 bits per heavy atom. The van der Waals surface area contributed by atoms with Crippen molar-refractivity contribution in [1.82, 2.24) is 14.8 Å². The molecule has 3 N–H and O–H groups in total. The van der Waals surface area contributed by atoms with Crippen molar-refractivity contribution in [2.24, 2.45) is 5.73 Å². The highest BCUT2D eigenvalue weighted by molar-refractivity contribution is 5.95.